The molecule has 1 aromatic heterocycles. The number of fused-ring (bicyclic) bond motifs is 1. The van der Waals surface area contributed by atoms with Gasteiger partial charge in [0.15, 0.2) is 5.58 Å². The van der Waals surface area contributed by atoms with Gasteiger partial charge in [0, 0.05) is 37.5 Å². The van der Waals surface area contributed by atoms with Crippen LogP contribution in [-0.4, -0.2) is 31.1 Å². The lowest BCUT2D eigenvalue weighted by molar-refractivity contribution is -0.114. The van der Waals surface area contributed by atoms with Crippen molar-refractivity contribution in [2.75, 3.05) is 23.3 Å². The van der Waals surface area contributed by atoms with Gasteiger partial charge in [-0.2, -0.15) is 0 Å². The lowest BCUT2D eigenvalue weighted by Crippen LogP contribution is -2.54. The Balaban J connectivity index is 2.06. The molecule has 0 spiro atoms. The maximum Gasteiger partial charge on any atom is 0.360 e. The molecule has 1 saturated heterocycles. The molecule has 1 aliphatic heterocycles. The molecule has 6 nitrogen and oxygen atoms in total. The molecule has 1 amide bonds. The Hall–Kier alpha value is -2.34. The van der Waals surface area contributed by atoms with Crippen LogP contribution in [0.4, 0.5) is 11.4 Å². The lowest BCUT2D eigenvalue weighted by Gasteiger charge is -2.37. The van der Waals surface area contributed by atoms with E-state index < -0.39 is 5.63 Å². The summed E-state index contributed by atoms with van der Waals surface area (Å²) in [6.07, 6.45) is 0. The van der Waals surface area contributed by atoms with Crippen molar-refractivity contribution in [2.24, 2.45) is 0 Å². The molecule has 1 fully saturated rings. The fraction of sp³-hybridized carbons (Fsp3) is 0.412. The molecule has 0 bridgehead atoms. The molecule has 2 heterocycles. The highest BCUT2D eigenvalue weighted by Crippen LogP contribution is 2.28. The average molecular weight is 315 g/mol. The van der Waals surface area contributed by atoms with Gasteiger partial charge in [0.2, 0.25) is 5.91 Å². The summed E-state index contributed by atoms with van der Waals surface area (Å²) in [5.41, 5.74) is 1.11. The number of carbonyl (C=O) groups is 1. The fourth-order valence-corrected chi connectivity index (χ4v) is 3.18. The molecule has 2 N–H and O–H groups in total. The predicted octanol–water partition coefficient (Wildman–Crippen LogP) is 1.94. The minimum Gasteiger partial charge on any atom is -0.419 e. The zero-order chi connectivity index (χ0) is 16.6. The first-order chi connectivity index (χ1) is 10.9. The Morgan fingerprint density at radius 1 is 1.30 bits per heavy atom. The van der Waals surface area contributed by atoms with Crippen LogP contribution >= 0.6 is 0 Å². The van der Waals surface area contributed by atoms with E-state index in [1.165, 1.54) is 6.92 Å². The van der Waals surface area contributed by atoms with E-state index in [-0.39, 0.29) is 11.6 Å². The SMILES string of the molecule is CC(=O)Nc1cc2cccc(N3CC(C)NC(C)C3)c2oc1=O. The van der Waals surface area contributed by atoms with E-state index in [1.807, 2.05) is 18.2 Å². The third kappa shape index (κ3) is 3.22. The van der Waals surface area contributed by atoms with Gasteiger partial charge in [-0.05, 0) is 26.0 Å². The fourth-order valence-electron chi connectivity index (χ4n) is 3.18. The number of benzene rings is 1. The third-order valence-corrected chi connectivity index (χ3v) is 3.95. The van der Waals surface area contributed by atoms with Gasteiger partial charge in [-0.1, -0.05) is 12.1 Å². The van der Waals surface area contributed by atoms with Crippen molar-refractivity contribution in [3.05, 3.63) is 34.7 Å². The molecule has 0 saturated carbocycles. The van der Waals surface area contributed by atoms with Crippen molar-refractivity contribution in [1.29, 1.82) is 0 Å². The number of para-hydroxylation sites is 1. The number of hydrogen-bond acceptors (Lipinski definition) is 5. The van der Waals surface area contributed by atoms with Crippen LogP contribution in [0.5, 0.6) is 0 Å². The van der Waals surface area contributed by atoms with Gasteiger partial charge in [-0.15, -0.1) is 0 Å². The molecule has 3 rings (SSSR count). The summed E-state index contributed by atoms with van der Waals surface area (Å²) in [6.45, 7) is 7.34. The summed E-state index contributed by atoms with van der Waals surface area (Å²) < 4.78 is 5.52. The number of nitrogens with one attached hydrogen (secondary N) is 2. The van der Waals surface area contributed by atoms with Crippen molar-refractivity contribution < 1.29 is 9.21 Å². The molecule has 23 heavy (non-hydrogen) atoms. The smallest absolute Gasteiger partial charge is 0.360 e. The number of piperazine rings is 1. The quantitative estimate of drug-likeness (QED) is 0.829. The lowest BCUT2D eigenvalue weighted by atomic mass is 10.1. The summed E-state index contributed by atoms with van der Waals surface area (Å²) in [7, 11) is 0. The Kier molecular flexibility index (Phi) is 4.09. The first-order valence-corrected chi connectivity index (χ1v) is 7.79. The minimum absolute atomic E-state index is 0.171. The molecule has 1 aliphatic rings. The van der Waals surface area contributed by atoms with Crippen LogP contribution in [-0.2, 0) is 4.79 Å². The monoisotopic (exact) mass is 315 g/mol. The van der Waals surface area contributed by atoms with E-state index in [0.717, 1.165) is 24.2 Å². The van der Waals surface area contributed by atoms with Gasteiger partial charge >= 0.3 is 5.63 Å². The second-order valence-electron chi connectivity index (χ2n) is 6.20. The first-order valence-electron chi connectivity index (χ1n) is 7.79. The Morgan fingerprint density at radius 2 is 2.00 bits per heavy atom. The van der Waals surface area contributed by atoms with Gasteiger partial charge in [-0.25, -0.2) is 4.79 Å². The highest BCUT2D eigenvalue weighted by atomic mass is 16.4. The van der Waals surface area contributed by atoms with E-state index in [9.17, 15) is 9.59 Å². The van der Waals surface area contributed by atoms with Gasteiger partial charge in [-0.3, -0.25) is 4.79 Å². The van der Waals surface area contributed by atoms with Crippen molar-refractivity contribution in [1.82, 2.24) is 5.32 Å². The molecule has 6 heteroatoms. The highest BCUT2D eigenvalue weighted by Gasteiger charge is 2.23. The zero-order valence-corrected chi connectivity index (χ0v) is 13.6. The van der Waals surface area contributed by atoms with Crippen molar-refractivity contribution in [2.45, 2.75) is 32.9 Å². The maximum absolute atomic E-state index is 12.1. The van der Waals surface area contributed by atoms with Crippen LogP contribution < -0.4 is 21.2 Å². The summed E-state index contributed by atoms with van der Waals surface area (Å²) in [6, 6.07) is 8.17. The molecular weight excluding hydrogens is 294 g/mol. The van der Waals surface area contributed by atoms with E-state index in [1.54, 1.807) is 6.07 Å². The predicted molar refractivity (Wildman–Crippen MR) is 91.1 cm³/mol. The Morgan fingerprint density at radius 3 is 2.65 bits per heavy atom. The van der Waals surface area contributed by atoms with Crippen LogP contribution in [0, 0.1) is 0 Å². The molecule has 0 aliphatic carbocycles. The van der Waals surface area contributed by atoms with Crippen LogP contribution in [0.1, 0.15) is 20.8 Å². The second-order valence-corrected chi connectivity index (χ2v) is 6.20. The van der Waals surface area contributed by atoms with Crippen molar-refractivity contribution in [3.8, 4) is 0 Å². The zero-order valence-electron chi connectivity index (χ0n) is 13.6. The normalized spacial score (nSPS) is 21.4. The Bertz CT molecular complexity index is 789. The van der Waals surface area contributed by atoms with Crippen LogP contribution in [0.15, 0.2) is 33.5 Å². The number of carbonyl (C=O) groups excluding carboxylic acids is 1. The van der Waals surface area contributed by atoms with E-state index >= 15 is 0 Å². The maximum atomic E-state index is 12.1. The van der Waals surface area contributed by atoms with E-state index in [2.05, 4.69) is 29.4 Å². The van der Waals surface area contributed by atoms with Crippen molar-refractivity contribution in [3.63, 3.8) is 0 Å². The van der Waals surface area contributed by atoms with Gasteiger partial charge in [0.05, 0.1) is 5.69 Å². The Labute approximate surface area is 134 Å². The standard InChI is InChI=1S/C17H21N3O3/c1-10-8-20(9-11(2)18-10)15-6-4-5-13-7-14(19-12(3)21)17(22)23-16(13)15/h4-7,10-11,18H,8-9H2,1-3H3,(H,19,21). The molecule has 2 aromatic rings. The van der Waals surface area contributed by atoms with Gasteiger partial charge in [0.1, 0.15) is 5.69 Å². The van der Waals surface area contributed by atoms with Gasteiger partial charge in [0.25, 0.3) is 0 Å². The van der Waals surface area contributed by atoms with Crippen LogP contribution in [0.25, 0.3) is 11.0 Å². The number of nitrogens with zero attached hydrogens (tertiary/aromatic N) is 1. The molecule has 0 radical (unpaired) electrons. The molecule has 2 atom stereocenters. The number of rotatable bonds is 2. The summed E-state index contributed by atoms with van der Waals surface area (Å²) in [5.74, 6) is -0.294. The summed E-state index contributed by atoms with van der Waals surface area (Å²) in [5, 5.41) is 6.79. The molecular formula is C17H21N3O3. The topological polar surface area (TPSA) is 74.6 Å². The average Bonchev–Trinajstić information content (AvgIpc) is 2.46. The van der Waals surface area contributed by atoms with E-state index in [0.29, 0.717) is 17.7 Å². The highest BCUT2D eigenvalue weighted by molar-refractivity contribution is 5.94. The second kappa shape index (κ2) is 6.04. The molecule has 2 unspecified atom stereocenters. The number of anilines is 2. The largest absolute Gasteiger partial charge is 0.419 e. The van der Waals surface area contributed by atoms with Gasteiger partial charge < -0.3 is 20.0 Å². The third-order valence-electron chi connectivity index (χ3n) is 3.95. The van der Waals surface area contributed by atoms with Crippen LogP contribution in [0.3, 0.4) is 0 Å². The van der Waals surface area contributed by atoms with E-state index in [4.69, 9.17) is 4.42 Å². The summed E-state index contributed by atoms with van der Waals surface area (Å²) >= 11 is 0. The molecule has 122 valence electrons. The minimum atomic E-state index is -0.531. The number of amides is 1. The summed E-state index contributed by atoms with van der Waals surface area (Å²) in [4.78, 5) is 25.5. The van der Waals surface area contributed by atoms with Crippen LogP contribution in [0.2, 0.25) is 0 Å². The first kappa shape index (κ1) is 15.6. The molecule has 1 aromatic carbocycles. The number of hydrogen-bond donors (Lipinski definition) is 2. The van der Waals surface area contributed by atoms with Crippen molar-refractivity contribution >= 4 is 28.3 Å².